The molecule has 0 aliphatic carbocycles. The van der Waals surface area contributed by atoms with Crippen molar-refractivity contribution in [2.24, 2.45) is 11.8 Å². The molecule has 0 aliphatic rings. The Bertz CT molecular complexity index is 902. The topological polar surface area (TPSA) is 54.4 Å². The fraction of sp³-hybridized carbons (Fsp3) is 0.615. The molecule has 0 amide bonds. The second-order valence-electron chi connectivity index (χ2n) is 8.78. The Hall–Kier alpha value is -1.39. The van der Waals surface area contributed by atoms with Gasteiger partial charge in [0.05, 0.1) is 0 Å². The minimum absolute atomic E-state index is 0.149. The molecule has 2 aromatic rings. The average Bonchev–Trinajstić information content (AvgIpc) is 2.72. The van der Waals surface area contributed by atoms with E-state index in [9.17, 15) is 13.0 Å². The van der Waals surface area contributed by atoms with Crippen molar-refractivity contribution in [3.63, 3.8) is 0 Å². The average molecular weight is 433 g/mol. The summed E-state index contributed by atoms with van der Waals surface area (Å²) >= 11 is 0. The second-order valence-corrected chi connectivity index (χ2v) is 10.1. The highest BCUT2D eigenvalue weighted by Crippen LogP contribution is 2.35. The van der Waals surface area contributed by atoms with Gasteiger partial charge in [0.15, 0.2) is 0 Å². The summed E-state index contributed by atoms with van der Waals surface area (Å²) in [6, 6.07) is 9.75. The maximum Gasteiger partial charge on any atom is 0.295 e. The van der Waals surface area contributed by atoms with Crippen LogP contribution in [0.5, 0.6) is 0 Å². The maximum atomic E-state index is 12.6. The molecular formula is C26H40O3S. The Morgan fingerprint density at radius 3 is 1.97 bits per heavy atom. The van der Waals surface area contributed by atoms with Crippen molar-refractivity contribution in [3.8, 4) is 0 Å². The quantitative estimate of drug-likeness (QED) is 0.331. The van der Waals surface area contributed by atoms with E-state index in [4.69, 9.17) is 0 Å². The summed E-state index contributed by atoms with van der Waals surface area (Å²) < 4.78 is 35.4. The maximum absolute atomic E-state index is 12.6. The molecule has 0 saturated heterocycles. The first-order valence-corrected chi connectivity index (χ1v) is 13.3. The molecule has 0 fully saturated rings. The molecule has 0 aromatic heterocycles. The van der Waals surface area contributed by atoms with Crippen LogP contribution in [0.3, 0.4) is 0 Å². The third-order valence-electron chi connectivity index (χ3n) is 6.54. The molecule has 3 nitrogen and oxygen atoms in total. The summed E-state index contributed by atoms with van der Waals surface area (Å²) in [4.78, 5) is 0.149. The van der Waals surface area contributed by atoms with E-state index in [0.717, 1.165) is 67.9 Å². The van der Waals surface area contributed by atoms with Crippen molar-refractivity contribution in [2.75, 3.05) is 0 Å². The van der Waals surface area contributed by atoms with Crippen molar-refractivity contribution < 1.29 is 13.0 Å². The molecule has 2 unspecified atom stereocenters. The van der Waals surface area contributed by atoms with Gasteiger partial charge < -0.3 is 0 Å². The molecule has 168 valence electrons. The second kappa shape index (κ2) is 11.9. The number of unbranched alkanes of at least 4 members (excludes halogenated alkanes) is 2. The largest absolute Gasteiger partial charge is 0.295 e. The number of fused-ring (bicyclic) bond motifs is 1. The van der Waals surface area contributed by atoms with Crippen LogP contribution in [0.1, 0.15) is 90.2 Å². The molecule has 0 bridgehead atoms. The highest BCUT2D eigenvalue weighted by molar-refractivity contribution is 7.86. The van der Waals surface area contributed by atoms with Gasteiger partial charge in [-0.2, -0.15) is 8.42 Å². The molecule has 0 aliphatic heterocycles. The molecular weight excluding hydrogens is 392 g/mol. The zero-order valence-electron chi connectivity index (χ0n) is 19.3. The number of rotatable bonds is 13. The van der Waals surface area contributed by atoms with Gasteiger partial charge in [0.25, 0.3) is 10.1 Å². The summed E-state index contributed by atoms with van der Waals surface area (Å²) in [5, 5.41) is 1.54. The van der Waals surface area contributed by atoms with E-state index in [1.54, 1.807) is 0 Å². The Balaban J connectivity index is 2.64. The standard InChI is InChI=1S/C26H40O3S/c1-5-9-13-20(7-3)17-23-19-22-15-11-12-16-24(22)26(30(27,28)29)25(23)18-21(8-4)14-10-6-2/h11-12,15-16,19-21H,5-10,13-14,17-18H2,1-4H3,(H,27,28,29). The summed E-state index contributed by atoms with van der Waals surface area (Å²) in [6.45, 7) is 8.81. The Labute approximate surface area is 184 Å². The first-order valence-electron chi connectivity index (χ1n) is 11.9. The first-order chi connectivity index (χ1) is 14.3. The van der Waals surface area contributed by atoms with Gasteiger partial charge in [0.2, 0.25) is 0 Å². The third-order valence-corrected chi connectivity index (χ3v) is 7.52. The zero-order chi connectivity index (χ0) is 22.1. The molecule has 1 N–H and O–H groups in total. The minimum Gasteiger partial charge on any atom is -0.282 e. The molecule has 0 saturated carbocycles. The summed E-state index contributed by atoms with van der Waals surface area (Å²) in [6.07, 6.45) is 10.6. The highest BCUT2D eigenvalue weighted by atomic mass is 32.2. The number of hydrogen-bond donors (Lipinski definition) is 1. The van der Waals surface area contributed by atoms with Crippen LogP contribution in [-0.4, -0.2) is 13.0 Å². The predicted molar refractivity (Wildman–Crippen MR) is 128 cm³/mol. The van der Waals surface area contributed by atoms with Crippen LogP contribution in [0, 0.1) is 11.8 Å². The van der Waals surface area contributed by atoms with Gasteiger partial charge in [0, 0.05) is 5.39 Å². The first kappa shape index (κ1) is 24.9. The van der Waals surface area contributed by atoms with Crippen LogP contribution >= 0.6 is 0 Å². The lowest BCUT2D eigenvalue weighted by Gasteiger charge is -2.23. The van der Waals surface area contributed by atoms with Gasteiger partial charge in [-0.1, -0.05) is 109 Å². The van der Waals surface area contributed by atoms with Gasteiger partial charge in [0.1, 0.15) is 4.90 Å². The van der Waals surface area contributed by atoms with Crippen molar-refractivity contribution in [1.82, 2.24) is 0 Å². The molecule has 2 atom stereocenters. The van der Waals surface area contributed by atoms with Crippen LogP contribution in [0.15, 0.2) is 35.2 Å². The molecule has 2 aromatic carbocycles. The Kier molecular flexibility index (Phi) is 9.83. The van der Waals surface area contributed by atoms with Gasteiger partial charge in [-0.25, -0.2) is 0 Å². The van der Waals surface area contributed by atoms with E-state index in [-0.39, 0.29) is 4.90 Å². The molecule has 0 spiro atoms. The smallest absolute Gasteiger partial charge is 0.282 e. The fourth-order valence-electron chi connectivity index (χ4n) is 4.60. The highest BCUT2D eigenvalue weighted by Gasteiger charge is 2.25. The molecule has 0 radical (unpaired) electrons. The van der Waals surface area contributed by atoms with Crippen LogP contribution in [0.25, 0.3) is 10.8 Å². The molecule has 30 heavy (non-hydrogen) atoms. The van der Waals surface area contributed by atoms with E-state index >= 15 is 0 Å². The third kappa shape index (κ3) is 6.55. The van der Waals surface area contributed by atoms with Crippen LogP contribution in [0.2, 0.25) is 0 Å². The van der Waals surface area contributed by atoms with E-state index in [0.29, 0.717) is 17.2 Å². The minimum atomic E-state index is -4.32. The normalized spacial score (nSPS) is 14.2. The molecule has 4 heteroatoms. The monoisotopic (exact) mass is 432 g/mol. The van der Waals surface area contributed by atoms with Gasteiger partial charge in [-0.15, -0.1) is 0 Å². The van der Waals surface area contributed by atoms with Gasteiger partial charge in [-0.05, 0) is 41.2 Å². The number of benzene rings is 2. The lowest BCUT2D eigenvalue weighted by molar-refractivity contribution is 0.430. The van der Waals surface area contributed by atoms with E-state index in [1.165, 1.54) is 12.8 Å². The zero-order valence-corrected chi connectivity index (χ0v) is 20.1. The lowest BCUT2D eigenvalue weighted by Crippen LogP contribution is -2.15. The Morgan fingerprint density at radius 1 is 0.867 bits per heavy atom. The van der Waals surface area contributed by atoms with Crippen molar-refractivity contribution in [1.29, 1.82) is 0 Å². The molecule has 0 heterocycles. The van der Waals surface area contributed by atoms with Crippen LogP contribution in [0.4, 0.5) is 0 Å². The van der Waals surface area contributed by atoms with E-state index in [2.05, 4.69) is 33.8 Å². The Morgan fingerprint density at radius 2 is 1.43 bits per heavy atom. The summed E-state index contributed by atoms with van der Waals surface area (Å²) in [7, 11) is -4.32. The summed E-state index contributed by atoms with van der Waals surface area (Å²) in [5.74, 6) is 0.968. The van der Waals surface area contributed by atoms with E-state index < -0.39 is 10.1 Å². The van der Waals surface area contributed by atoms with Crippen molar-refractivity contribution in [3.05, 3.63) is 41.5 Å². The van der Waals surface area contributed by atoms with Crippen molar-refractivity contribution in [2.45, 2.75) is 96.8 Å². The van der Waals surface area contributed by atoms with Crippen LogP contribution in [-0.2, 0) is 23.0 Å². The van der Waals surface area contributed by atoms with Crippen LogP contribution < -0.4 is 0 Å². The summed E-state index contributed by atoms with van der Waals surface area (Å²) in [5.41, 5.74) is 1.97. The van der Waals surface area contributed by atoms with Gasteiger partial charge >= 0.3 is 0 Å². The fourth-order valence-corrected chi connectivity index (χ4v) is 5.59. The number of hydrogen-bond acceptors (Lipinski definition) is 2. The SMILES string of the molecule is CCCCC(CC)Cc1cc2ccccc2c(S(=O)(=O)O)c1CC(CC)CCCC. The van der Waals surface area contributed by atoms with E-state index in [1.807, 2.05) is 24.3 Å². The van der Waals surface area contributed by atoms with Crippen molar-refractivity contribution >= 4 is 20.9 Å². The lowest BCUT2D eigenvalue weighted by atomic mass is 9.84. The predicted octanol–water partition coefficient (Wildman–Crippen LogP) is 7.60. The van der Waals surface area contributed by atoms with Gasteiger partial charge in [-0.3, -0.25) is 4.55 Å². The molecule has 2 rings (SSSR count).